The number of carboxylic acids is 1. The molecule has 2 aromatic carbocycles. The minimum atomic E-state index is -1.07. The summed E-state index contributed by atoms with van der Waals surface area (Å²) in [7, 11) is 1.45. The lowest BCUT2D eigenvalue weighted by atomic mass is 9.98. The molecule has 1 atom stereocenters. The van der Waals surface area contributed by atoms with Crippen molar-refractivity contribution in [2.75, 3.05) is 26.9 Å². The molecule has 0 aliphatic heterocycles. The van der Waals surface area contributed by atoms with Crippen LogP contribution in [0.15, 0.2) is 48.5 Å². The highest BCUT2D eigenvalue weighted by Gasteiger charge is 2.31. The zero-order valence-corrected chi connectivity index (χ0v) is 16.1. The van der Waals surface area contributed by atoms with Crippen LogP contribution in [0.3, 0.4) is 0 Å². The van der Waals surface area contributed by atoms with Gasteiger partial charge in [0.1, 0.15) is 12.6 Å². The Labute approximate surface area is 164 Å². The zero-order valence-electron chi connectivity index (χ0n) is 16.1. The van der Waals surface area contributed by atoms with E-state index in [1.807, 2.05) is 43.3 Å². The number of aliphatic carboxylic acids is 1. The van der Waals surface area contributed by atoms with Gasteiger partial charge in [0.2, 0.25) is 0 Å². The lowest BCUT2D eigenvalue weighted by molar-refractivity contribution is -0.143. The number of fused-ring (bicyclic) bond motifs is 3. The molecule has 0 fully saturated rings. The molecule has 1 aliphatic rings. The number of carbonyl (C=O) groups is 2. The standard InChI is InChI=1S/C22H25NO5/c1-3-27-13-12-20(21(24)25)23(2)22(26)28-14-19-17-10-6-4-8-15(17)16-9-5-7-11-18(16)19/h4-11,19-20H,3,12-14H2,1-2H3,(H,24,25)/t20-/m0/s1. The Balaban J connectivity index is 1.69. The summed E-state index contributed by atoms with van der Waals surface area (Å²) in [6, 6.07) is 15.2. The minimum absolute atomic E-state index is 0.0588. The van der Waals surface area contributed by atoms with Gasteiger partial charge in [0.05, 0.1) is 0 Å². The SMILES string of the molecule is CCOCC[C@@H](C(=O)O)N(C)C(=O)OCC1c2ccccc2-c2ccccc21. The van der Waals surface area contributed by atoms with E-state index in [2.05, 4.69) is 12.1 Å². The fourth-order valence-electron chi connectivity index (χ4n) is 3.65. The van der Waals surface area contributed by atoms with E-state index in [1.165, 1.54) is 7.05 Å². The van der Waals surface area contributed by atoms with E-state index in [1.54, 1.807) is 0 Å². The normalized spacial score (nSPS) is 13.5. The van der Waals surface area contributed by atoms with Crippen LogP contribution in [0.4, 0.5) is 4.79 Å². The summed E-state index contributed by atoms with van der Waals surface area (Å²) in [6.07, 6.45) is -0.435. The summed E-state index contributed by atoms with van der Waals surface area (Å²) in [4.78, 5) is 25.2. The van der Waals surface area contributed by atoms with Crippen LogP contribution in [-0.2, 0) is 14.3 Å². The number of carbonyl (C=O) groups excluding carboxylic acids is 1. The van der Waals surface area contributed by atoms with Gasteiger partial charge in [0, 0.05) is 32.6 Å². The molecule has 1 aliphatic carbocycles. The zero-order chi connectivity index (χ0) is 20.1. The van der Waals surface area contributed by atoms with Crippen LogP contribution in [0.2, 0.25) is 0 Å². The average Bonchev–Trinajstić information content (AvgIpc) is 3.02. The third kappa shape index (κ3) is 4.02. The number of carboxylic acid groups (broad SMARTS) is 1. The largest absolute Gasteiger partial charge is 0.480 e. The molecule has 0 spiro atoms. The first-order valence-electron chi connectivity index (χ1n) is 9.43. The molecule has 28 heavy (non-hydrogen) atoms. The Morgan fingerprint density at radius 2 is 1.64 bits per heavy atom. The molecule has 0 saturated heterocycles. The molecule has 0 bridgehead atoms. The second-order valence-corrected chi connectivity index (χ2v) is 6.75. The second kappa shape index (κ2) is 8.89. The molecule has 2 aromatic rings. The fraction of sp³-hybridized carbons (Fsp3) is 0.364. The van der Waals surface area contributed by atoms with Gasteiger partial charge in [-0.3, -0.25) is 4.90 Å². The highest BCUT2D eigenvalue weighted by Crippen LogP contribution is 2.44. The predicted octanol–water partition coefficient (Wildman–Crippen LogP) is 3.75. The number of likely N-dealkylation sites (N-methyl/N-ethyl adjacent to an activating group) is 1. The van der Waals surface area contributed by atoms with E-state index in [4.69, 9.17) is 9.47 Å². The smallest absolute Gasteiger partial charge is 0.410 e. The van der Waals surface area contributed by atoms with E-state index in [9.17, 15) is 14.7 Å². The first kappa shape index (κ1) is 19.9. The van der Waals surface area contributed by atoms with Gasteiger partial charge in [0.15, 0.2) is 0 Å². The first-order valence-corrected chi connectivity index (χ1v) is 9.43. The number of nitrogens with zero attached hydrogens (tertiary/aromatic N) is 1. The lowest BCUT2D eigenvalue weighted by Gasteiger charge is -2.25. The maximum absolute atomic E-state index is 12.5. The molecule has 0 aromatic heterocycles. The van der Waals surface area contributed by atoms with Crippen LogP contribution in [0, 0.1) is 0 Å². The van der Waals surface area contributed by atoms with E-state index in [0.29, 0.717) is 6.61 Å². The van der Waals surface area contributed by atoms with Gasteiger partial charge in [-0.2, -0.15) is 0 Å². The molecular formula is C22H25NO5. The summed E-state index contributed by atoms with van der Waals surface area (Å²) in [5.74, 6) is -1.13. The number of ether oxygens (including phenoxy) is 2. The highest BCUT2D eigenvalue weighted by atomic mass is 16.6. The minimum Gasteiger partial charge on any atom is -0.480 e. The van der Waals surface area contributed by atoms with E-state index >= 15 is 0 Å². The molecule has 0 saturated carbocycles. The van der Waals surface area contributed by atoms with Crippen LogP contribution < -0.4 is 0 Å². The van der Waals surface area contributed by atoms with Crippen molar-refractivity contribution >= 4 is 12.1 Å². The van der Waals surface area contributed by atoms with Crippen LogP contribution in [0.25, 0.3) is 11.1 Å². The van der Waals surface area contributed by atoms with Gasteiger partial charge in [-0.05, 0) is 29.2 Å². The number of hydrogen-bond acceptors (Lipinski definition) is 4. The van der Waals surface area contributed by atoms with Crippen molar-refractivity contribution in [1.82, 2.24) is 4.90 Å². The van der Waals surface area contributed by atoms with Crippen LogP contribution in [-0.4, -0.2) is 55.0 Å². The monoisotopic (exact) mass is 383 g/mol. The summed E-state index contributed by atoms with van der Waals surface area (Å²) >= 11 is 0. The average molecular weight is 383 g/mol. The molecule has 3 rings (SSSR count). The van der Waals surface area contributed by atoms with Crippen LogP contribution in [0.5, 0.6) is 0 Å². The van der Waals surface area contributed by atoms with Crippen molar-refractivity contribution in [2.24, 2.45) is 0 Å². The Morgan fingerprint density at radius 3 is 2.18 bits per heavy atom. The molecule has 0 radical (unpaired) electrons. The molecule has 0 heterocycles. The third-order valence-electron chi connectivity index (χ3n) is 5.12. The number of hydrogen-bond donors (Lipinski definition) is 1. The topological polar surface area (TPSA) is 76.1 Å². The van der Waals surface area contributed by atoms with Crippen molar-refractivity contribution < 1.29 is 24.2 Å². The molecule has 148 valence electrons. The molecule has 1 amide bonds. The number of amides is 1. The predicted molar refractivity (Wildman–Crippen MR) is 105 cm³/mol. The summed E-state index contributed by atoms with van der Waals surface area (Å²) in [6.45, 7) is 2.77. The number of rotatable bonds is 8. The van der Waals surface area contributed by atoms with Crippen molar-refractivity contribution in [2.45, 2.75) is 25.3 Å². The second-order valence-electron chi connectivity index (χ2n) is 6.75. The van der Waals surface area contributed by atoms with Crippen molar-refractivity contribution in [3.63, 3.8) is 0 Å². The van der Waals surface area contributed by atoms with E-state index in [-0.39, 0.29) is 25.6 Å². The van der Waals surface area contributed by atoms with Gasteiger partial charge in [-0.1, -0.05) is 48.5 Å². The summed E-state index contributed by atoms with van der Waals surface area (Å²) in [5.41, 5.74) is 4.52. The maximum Gasteiger partial charge on any atom is 0.410 e. The summed E-state index contributed by atoms with van der Waals surface area (Å²) < 4.78 is 10.7. The Hall–Kier alpha value is -2.86. The van der Waals surface area contributed by atoms with Gasteiger partial charge >= 0.3 is 12.1 Å². The van der Waals surface area contributed by atoms with Crippen LogP contribution >= 0.6 is 0 Å². The fourth-order valence-corrected chi connectivity index (χ4v) is 3.65. The molecule has 6 heteroatoms. The van der Waals surface area contributed by atoms with Crippen molar-refractivity contribution in [3.8, 4) is 11.1 Å². The van der Waals surface area contributed by atoms with Gasteiger partial charge in [0.25, 0.3) is 0 Å². The molecule has 1 N–H and O–H groups in total. The quantitative estimate of drug-likeness (QED) is 0.703. The first-order chi connectivity index (χ1) is 13.5. The van der Waals surface area contributed by atoms with Gasteiger partial charge in [-0.25, -0.2) is 9.59 Å². The van der Waals surface area contributed by atoms with E-state index in [0.717, 1.165) is 27.2 Å². The Kier molecular flexibility index (Phi) is 6.31. The Bertz CT molecular complexity index is 805. The highest BCUT2D eigenvalue weighted by molar-refractivity contribution is 5.81. The van der Waals surface area contributed by atoms with Gasteiger partial charge < -0.3 is 14.6 Å². The summed E-state index contributed by atoms with van der Waals surface area (Å²) in [5, 5.41) is 9.43. The Morgan fingerprint density at radius 1 is 1.07 bits per heavy atom. The molecule has 6 nitrogen and oxygen atoms in total. The molecular weight excluding hydrogens is 358 g/mol. The van der Waals surface area contributed by atoms with Crippen LogP contribution in [0.1, 0.15) is 30.4 Å². The molecule has 0 unspecified atom stereocenters. The number of benzene rings is 2. The third-order valence-corrected chi connectivity index (χ3v) is 5.12. The van der Waals surface area contributed by atoms with Crippen molar-refractivity contribution in [3.05, 3.63) is 59.7 Å². The van der Waals surface area contributed by atoms with E-state index < -0.39 is 18.1 Å². The van der Waals surface area contributed by atoms with Gasteiger partial charge in [-0.15, -0.1) is 0 Å². The lowest BCUT2D eigenvalue weighted by Crippen LogP contribution is -2.43. The maximum atomic E-state index is 12.5. The van der Waals surface area contributed by atoms with Crippen molar-refractivity contribution in [1.29, 1.82) is 0 Å².